The van der Waals surface area contributed by atoms with E-state index in [1.807, 2.05) is 38.1 Å². The fourth-order valence-electron chi connectivity index (χ4n) is 2.88. The lowest BCUT2D eigenvalue weighted by molar-refractivity contribution is 0.102. The highest BCUT2D eigenvalue weighted by molar-refractivity contribution is 7.16. The van der Waals surface area contributed by atoms with Crippen LogP contribution in [0.1, 0.15) is 26.5 Å². The molecule has 0 saturated heterocycles. The van der Waals surface area contributed by atoms with Gasteiger partial charge in [0.1, 0.15) is 12.4 Å². The molecule has 4 aromatic rings. The predicted octanol–water partition coefficient (Wildman–Crippen LogP) is 4.20. The molecule has 0 spiro atoms. The first kappa shape index (κ1) is 18.9. The summed E-state index contributed by atoms with van der Waals surface area (Å²) in [7, 11) is 0. The molecular formula is C22H19N3O3S. The zero-order valence-electron chi connectivity index (χ0n) is 16.0. The SMILES string of the molecule is Cc1ccc(C(=O)Nc2ccccc2OCc2cc(=O)n3cc(C)sc3n2)cc1. The standard InChI is InChI=1S/C22H19N3O3S/c1-14-7-9-16(10-8-14)21(27)24-18-5-3-4-6-19(18)28-13-17-11-20(26)25-12-15(2)29-22(25)23-17/h3-12H,13H2,1-2H3,(H,24,27). The summed E-state index contributed by atoms with van der Waals surface area (Å²) in [4.78, 5) is 30.9. The molecule has 2 heterocycles. The number of carbonyl (C=O) groups excluding carboxylic acids is 1. The number of rotatable bonds is 5. The molecule has 0 saturated carbocycles. The fraction of sp³-hybridized carbons (Fsp3) is 0.136. The van der Waals surface area contributed by atoms with E-state index in [0.29, 0.717) is 27.7 Å². The van der Waals surface area contributed by atoms with Crippen LogP contribution < -0.4 is 15.6 Å². The quantitative estimate of drug-likeness (QED) is 0.540. The number of hydrogen-bond acceptors (Lipinski definition) is 5. The molecule has 1 N–H and O–H groups in total. The van der Waals surface area contributed by atoms with Crippen LogP contribution in [0.5, 0.6) is 5.75 Å². The van der Waals surface area contributed by atoms with E-state index >= 15 is 0 Å². The van der Waals surface area contributed by atoms with Crippen LogP contribution in [-0.4, -0.2) is 15.3 Å². The Morgan fingerprint density at radius 3 is 2.69 bits per heavy atom. The van der Waals surface area contributed by atoms with Crippen molar-refractivity contribution in [2.24, 2.45) is 0 Å². The molecule has 0 fully saturated rings. The smallest absolute Gasteiger partial charge is 0.258 e. The second-order valence-corrected chi connectivity index (χ2v) is 7.90. The van der Waals surface area contributed by atoms with Gasteiger partial charge in [-0.15, -0.1) is 11.3 Å². The van der Waals surface area contributed by atoms with Gasteiger partial charge in [-0.25, -0.2) is 4.98 Å². The van der Waals surface area contributed by atoms with E-state index in [1.54, 1.807) is 30.5 Å². The lowest BCUT2D eigenvalue weighted by Crippen LogP contribution is -2.15. The Balaban J connectivity index is 1.52. The van der Waals surface area contributed by atoms with Crippen molar-refractivity contribution in [1.29, 1.82) is 0 Å². The van der Waals surface area contributed by atoms with Gasteiger partial charge in [-0.3, -0.25) is 14.0 Å². The van der Waals surface area contributed by atoms with Crippen LogP contribution in [0.15, 0.2) is 65.6 Å². The normalized spacial score (nSPS) is 10.8. The average molecular weight is 405 g/mol. The number of aromatic nitrogens is 2. The van der Waals surface area contributed by atoms with Crippen LogP contribution in [0.3, 0.4) is 0 Å². The lowest BCUT2D eigenvalue weighted by atomic mass is 10.1. The second kappa shape index (κ2) is 7.89. The van der Waals surface area contributed by atoms with Gasteiger partial charge in [0.2, 0.25) is 0 Å². The van der Waals surface area contributed by atoms with Crippen LogP contribution in [0.4, 0.5) is 5.69 Å². The maximum Gasteiger partial charge on any atom is 0.258 e. The summed E-state index contributed by atoms with van der Waals surface area (Å²) in [6, 6.07) is 16.0. The molecule has 2 aromatic carbocycles. The van der Waals surface area contributed by atoms with Crippen molar-refractivity contribution in [2.45, 2.75) is 20.5 Å². The van der Waals surface area contributed by atoms with Gasteiger partial charge in [-0.1, -0.05) is 29.8 Å². The average Bonchev–Trinajstić information content (AvgIpc) is 3.08. The van der Waals surface area contributed by atoms with Crippen LogP contribution >= 0.6 is 11.3 Å². The van der Waals surface area contributed by atoms with Gasteiger partial charge in [-0.05, 0) is 38.1 Å². The van der Waals surface area contributed by atoms with E-state index in [-0.39, 0.29) is 18.1 Å². The molecule has 0 aliphatic heterocycles. The number of aryl methyl sites for hydroxylation is 2. The molecular weight excluding hydrogens is 386 g/mol. The zero-order chi connectivity index (χ0) is 20.4. The van der Waals surface area contributed by atoms with Gasteiger partial charge in [0.15, 0.2) is 4.96 Å². The van der Waals surface area contributed by atoms with E-state index in [1.165, 1.54) is 21.8 Å². The van der Waals surface area contributed by atoms with Gasteiger partial charge < -0.3 is 10.1 Å². The number of anilines is 1. The fourth-order valence-corrected chi connectivity index (χ4v) is 3.73. The van der Waals surface area contributed by atoms with Crippen molar-refractivity contribution in [3.63, 3.8) is 0 Å². The maximum atomic E-state index is 12.5. The molecule has 0 aliphatic rings. The Morgan fingerprint density at radius 1 is 1.14 bits per heavy atom. The number of thiazole rings is 1. The first-order chi connectivity index (χ1) is 14.0. The Hall–Kier alpha value is -3.45. The lowest BCUT2D eigenvalue weighted by Gasteiger charge is -2.12. The summed E-state index contributed by atoms with van der Waals surface area (Å²) >= 11 is 1.45. The van der Waals surface area contributed by atoms with Crippen LogP contribution in [-0.2, 0) is 6.61 Å². The molecule has 1 amide bonds. The van der Waals surface area contributed by atoms with Crippen molar-refractivity contribution in [1.82, 2.24) is 9.38 Å². The highest BCUT2D eigenvalue weighted by Gasteiger charge is 2.11. The summed E-state index contributed by atoms with van der Waals surface area (Å²) in [5, 5.41) is 2.88. The summed E-state index contributed by atoms with van der Waals surface area (Å²) in [6.07, 6.45) is 1.77. The zero-order valence-corrected chi connectivity index (χ0v) is 16.8. The summed E-state index contributed by atoms with van der Waals surface area (Å²) in [5.41, 5.74) is 2.61. The number of ether oxygens (including phenoxy) is 1. The number of fused-ring (bicyclic) bond motifs is 1. The van der Waals surface area contributed by atoms with E-state index in [9.17, 15) is 9.59 Å². The van der Waals surface area contributed by atoms with Crippen molar-refractivity contribution in [3.05, 3.63) is 92.8 Å². The molecule has 0 aliphatic carbocycles. The summed E-state index contributed by atoms with van der Waals surface area (Å²) in [5.74, 6) is 0.297. The van der Waals surface area contributed by atoms with Crippen molar-refractivity contribution in [2.75, 3.05) is 5.32 Å². The van der Waals surface area contributed by atoms with Crippen molar-refractivity contribution >= 4 is 27.9 Å². The molecule has 4 rings (SSSR count). The Kier molecular flexibility index (Phi) is 5.14. The number of amides is 1. The number of nitrogens with zero attached hydrogens (tertiary/aromatic N) is 2. The largest absolute Gasteiger partial charge is 0.485 e. The van der Waals surface area contributed by atoms with Gasteiger partial charge in [0.05, 0.1) is 11.4 Å². The number of hydrogen-bond donors (Lipinski definition) is 1. The van der Waals surface area contributed by atoms with E-state index in [4.69, 9.17) is 4.74 Å². The minimum absolute atomic E-state index is 0.125. The summed E-state index contributed by atoms with van der Waals surface area (Å²) < 4.78 is 7.40. The molecule has 29 heavy (non-hydrogen) atoms. The van der Waals surface area contributed by atoms with Gasteiger partial charge in [0.25, 0.3) is 11.5 Å². The highest BCUT2D eigenvalue weighted by atomic mass is 32.1. The first-order valence-corrected chi connectivity index (χ1v) is 9.90. The topological polar surface area (TPSA) is 72.7 Å². The van der Waals surface area contributed by atoms with E-state index in [0.717, 1.165) is 10.4 Å². The van der Waals surface area contributed by atoms with Crippen LogP contribution in [0.2, 0.25) is 0 Å². The number of benzene rings is 2. The third kappa shape index (κ3) is 4.20. The van der Waals surface area contributed by atoms with Gasteiger partial charge >= 0.3 is 0 Å². The van der Waals surface area contributed by atoms with E-state index in [2.05, 4.69) is 10.3 Å². The molecule has 0 bridgehead atoms. The molecule has 2 aromatic heterocycles. The molecule has 0 radical (unpaired) electrons. The van der Waals surface area contributed by atoms with Gasteiger partial charge in [0, 0.05) is 22.7 Å². The number of para-hydroxylation sites is 2. The van der Waals surface area contributed by atoms with Crippen LogP contribution in [0, 0.1) is 13.8 Å². The molecule has 146 valence electrons. The second-order valence-electron chi connectivity index (χ2n) is 6.69. The Labute approximate surface area is 171 Å². The summed E-state index contributed by atoms with van der Waals surface area (Å²) in [6.45, 7) is 4.03. The number of nitrogens with one attached hydrogen (secondary N) is 1. The monoisotopic (exact) mass is 405 g/mol. The van der Waals surface area contributed by atoms with Crippen LogP contribution in [0.25, 0.3) is 4.96 Å². The first-order valence-electron chi connectivity index (χ1n) is 9.08. The molecule has 7 heteroatoms. The van der Waals surface area contributed by atoms with Gasteiger partial charge in [-0.2, -0.15) is 0 Å². The Bertz CT molecular complexity index is 1240. The van der Waals surface area contributed by atoms with Crippen molar-refractivity contribution in [3.8, 4) is 5.75 Å². The molecule has 0 atom stereocenters. The van der Waals surface area contributed by atoms with Crippen molar-refractivity contribution < 1.29 is 9.53 Å². The molecule has 0 unspecified atom stereocenters. The molecule has 6 nitrogen and oxygen atoms in total. The predicted molar refractivity (Wildman–Crippen MR) is 114 cm³/mol. The third-order valence-corrected chi connectivity index (χ3v) is 5.26. The minimum atomic E-state index is -0.215. The highest BCUT2D eigenvalue weighted by Crippen LogP contribution is 2.25. The van der Waals surface area contributed by atoms with E-state index < -0.39 is 0 Å². The third-order valence-electron chi connectivity index (χ3n) is 4.36. The number of carbonyl (C=O) groups is 1. The minimum Gasteiger partial charge on any atom is -0.485 e. The Morgan fingerprint density at radius 2 is 1.90 bits per heavy atom. The maximum absolute atomic E-state index is 12.5.